The Labute approximate surface area is 124 Å². The van der Waals surface area contributed by atoms with Crippen LogP contribution in [0.1, 0.15) is 75.4 Å². The molecule has 0 amide bonds. The summed E-state index contributed by atoms with van der Waals surface area (Å²) in [4.78, 5) is 0. The van der Waals surface area contributed by atoms with Crippen LogP contribution in [0.3, 0.4) is 0 Å². The lowest BCUT2D eigenvalue weighted by Gasteiger charge is -2.27. The number of nitrogens with zero attached hydrogens (tertiary/aromatic N) is 2. The summed E-state index contributed by atoms with van der Waals surface area (Å²) in [5.41, 5.74) is 3.83. The van der Waals surface area contributed by atoms with Crippen molar-refractivity contribution in [1.82, 2.24) is 15.1 Å². The van der Waals surface area contributed by atoms with Crippen molar-refractivity contribution in [3.63, 3.8) is 0 Å². The van der Waals surface area contributed by atoms with Crippen LogP contribution in [0.5, 0.6) is 0 Å². The maximum Gasteiger partial charge on any atom is 0.0644 e. The molecule has 0 aromatic carbocycles. The first kappa shape index (κ1) is 15.6. The molecule has 114 valence electrons. The van der Waals surface area contributed by atoms with Crippen LogP contribution in [0, 0.1) is 19.8 Å². The molecule has 1 aromatic rings. The molecule has 1 heterocycles. The molecule has 0 bridgehead atoms. The first-order valence-electron chi connectivity index (χ1n) is 8.26. The van der Waals surface area contributed by atoms with Gasteiger partial charge in [-0.1, -0.05) is 25.7 Å². The van der Waals surface area contributed by atoms with Crippen molar-refractivity contribution < 1.29 is 0 Å². The first-order chi connectivity index (χ1) is 9.50. The van der Waals surface area contributed by atoms with Crippen LogP contribution in [0.15, 0.2) is 0 Å². The van der Waals surface area contributed by atoms with E-state index in [-0.39, 0.29) is 0 Å². The number of nitrogens with one attached hydrogen (secondary N) is 1. The average Bonchev–Trinajstić information content (AvgIpc) is 2.62. The van der Waals surface area contributed by atoms with Gasteiger partial charge >= 0.3 is 0 Å². The van der Waals surface area contributed by atoms with E-state index < -0.39 is 0 Å². The normalized spacial score (nSPS) is 20.6. The SMILES string of the molecule is Cc1nn(C)c(C)c1C(C)N[C@@H](C)C1CCCCCC1. The zero-order chi connectivity index (χ0) is 14.7. The van der Waals surface area contributed by atoms with Gasteiger partial charge in [-0.2, -0.15) is 5.10 Å². The van der Waals surface area contributed by atoms with Crippen molar-refractivity contribution in [2.24, 2.45) is 13.0 Å². The van der Waals surface area contributed by atoms with Crippen molar-refractivity contribution in [3.8, 4) is 0 Å². The molecule has 1 aliphatic rings. The van der Waals surface area contributed by atoms with Crippen LogP contribution in [0.4, 0.5) is 0 Å². The fraction of sp³-hybridized carbons (Fsp3) is 0.824. The maximum absolute atomic E-state index is 4.54. The second-order valence-electron chi connectivity index (χ2n) is 6.64. The predicted molar refractivity (Wildman–Crippen MR) is 84.9 cm³/mol. The lowest BCUT2D eigenvalue weighted by molar-refractivity contribution is 0.316. The lowest BCUT2D eigenvalue weighted by atomic mass is 9.92. The summed E-state index contributed by atoms with van der Waals surface area (Å²) >= 11 is 0. The van der Waals surface area contributed by atoms with Crippen LogP contribution in [0.2, 0.25) is 0 Å². The second kappa shape index (κ2) is 6.75. The van der Waals surface area contributed by atoms with Gasteiger partial charge in [-0.15, -0.1) is 0 Å². The van der Waals surface area contributed by atoms with Crippen molar-refractivity contribution in [2.45, 2.75) is 78.3 Å². The van der Waals surface area contributed by atoms with Gasteiger partial charge in [0.2, 0.25) is 0 Å². The monoisotopic (exact) mass is 277 g/mol. The van der Waals surface area contributed by atoms with E-state index in [0.29, 0.717) is 12.1 Å². The minimum Gasteiger partial charge on any atom is -0.307 e. The molecule has 1 aliphatic carbocycles. The van der Waals surface area contributed by atoms with Gasteiger partial charge in [0, 0.05) is 30.4 Å². The van der Waals surface area contributed by atoms with E-state index in [4.69, 9.17) is 0 Å². The van der Waals surface area contributed by atoms with E-state index >= 15 is 0 Å². The van der Waals surface area contributed by atoms with E-state index in [1.54, 1.807) is 0 Å². The van der Waals surface area contributed by atoms with Gasteiger partial charge in [-0.25, -0.2) is 0 Å². The smallest absolute Gasteiger partial charge is 0.0644 e. The van der Waals surface area contributed by atoms with Crippen LogP contribution >= 0.6 is 0 Å². The summed E-state index contributed by atoms with van der Waals surface area (Å²) in [5, 5.41) is 8.38. The van der Waals surface area contributed by atoms with Crippen molar-refractivity contribution in [3.05, 3.63) is 17.0 Å². The lowest BCUT2D eigenvalue weighted by Crippen LogP contribution is -2.35. The average molecular weight is 277 g/mol. The molecule has 2 atom stereocenters. The predicted octanol–water partition coefficient (Wildman–Crippen LogP) is 4.05. The fourth-order valence-corrected chi connectivity index (χ4v) is 3.84. The number of hydrogen-bond donors (Lipinski definition) is 1. The second-order valence-corrected chi connectivity index (χ2v) is 6.64. The zero-order valence-corrected chi connectivity index (χ0v) is 13.9. The number of hydrogen-bond acceptors (Lipinski definition) is 2. The van der Waals surface area contributed by atoms with Crippen molar-refractivity contribution in [2.75, 3.05) is 0 Å². The molecule has 1 fully saturated rings. The van der Waals surface area contributed by atoms with Gasteiger partial charge in [0.25, 0.3) is 0 Å². The van der Waals surface area contributed by atoms with Gasteiger partial charge in [0.1, 0.15) is 0 Å². The Morgan fingerprint density at radius 1 is 1.10 bits per heavy atom. The highest BCUT2D eigenvalue weighted by Crippen LogP contribution is 2.28. The van der Waals surface area contributed by atoms with Crippen LogP contribution in [-0.2, 0) is 7.05 Å². The third kappa shape index (κ3) is 3.43. The Bertz CT molecular complexity index is 428. The summed E-state index contributed by atoms with van der Waals surface area (Å²) in [6.45, 7) is 8.94. The fourth-order valence-electron chi connectivity index (χ4n) is 3.84. The van der Waals surface area contributed by atoms with E-state index in [9.17, 15) is 0 Å². The van der Waals surface area contributed by atoms with Gasteiger partial charge < -0.3 is 5.32 Å². The highest BCUT2D eigenvalue weighted by atomic mass is 15.3. The van der Waals surface area contributed by atoms with E-state index in [1.165, 1.54) is 49.8 Å². The number of rotatable bonds is 4. The van der Waals surface area contributed by atoms with Gasteiger partial charge in [-0.3, -0.25) is 4.68 Å². The molecule has 3 heteroatoms. The molecule has 0 aliphatic heterocycles. The quantitative estimate of drug-likeness (QED) is 0.842. The first-order valence-corrected chi connectivity index (χ1v) is 8.26. The molecule has 1 saturated carbocycles. The van der Waals surface area contributed by atoms with E-state index in [2.05, 4.69) is 38.1 Å². The minimum absolute atomic E-state index is 0.391. The standard InChI is InChI=1S/C17H31N3/c1-12(16-10-8-6-7-9-11-16)18-13(2)17-14(3)19-20(5)15(17)4/h12-13,16,18H,6-11H2,1-5H3/t12-,13?/m0/s1. The van der Waals surface area contributed by atoms with Crippen molar-refractivity contribution in [1.29, 1.82) is 0 Å². The number of aromatic nitrogens is 2. The largest absolute Gasteiger partial charge is 0.307 e. The van der Waals surface area contributed by atoms with Gasteiger partial charge in [-0.05, 0) is 46.5 Å². The molecule has 0 saturated heterocycles. The molecule has 20 heavy (non-hydrogen) atoms. The molecule has 0 spiro atoms. The zero-order valence-electron chi connectivity index (χ0n) is 13.9. The molecule has 3 nitrogen and oxygen atoms in total. The van der Waals surface area contributed by atoms with Crippen LogP contribution in [-0.4, -0.2) is 15.8 Å². The van der Waals surface area contributed by atoms with Gasteiger partial charge in [0.15, 0.2) is 0 Å². The third-order valence-electron chi connectivity index (χ3n) is 5.12. The minimum atomic E-state index is 0.391. The molecule has 2 rings (SSSR count). The highest BCUT2D eigenvalue weighted by Gasteiger charge is 2.23. The summed E-state index contributed by atoms with van der Waals surface area (Å²) in [7, 11) is 2.04. The van der Waals surface area contributed by atoms with Gasteiger partial charge in [0.05, 0.1) is 5.69 Å². The molecular formula is C17H31N3. The van der Waals surface area contributed by atoms with E-state index in [1.807, 2.05) is 11.7 Å². The van der Waals surface area contributed by atoms with Crippen LogP contribution < -0.4 is 5.32 Å². The Morgan fingerprint density at radius 2 is 1.70 bits per heavy atom. The molecule has 0 radical (unpaired) electrons. The number of aryl methyl sites for hydroxylation is 2. The van der Waals surface area contributed by atoms with Crippen LogP contribution in [0.25, 0.3) is 0 Å². The van der Waals surface area contributed by atoms with Crippen molar-refractivity contribution >= 4 is 0 Å². The Balaban J connectivity index is 2.01. The molecule has 1 N–H and O–H groups in total. The highest BCUT2D eigenvalue weighted by molar-refractivity contribution is 5.27. The van der Waals surface area contributed by atoms with E-state index in [0.717, 1.165) is 11.6 Å². The summed E-state index contributed by atoms with van der Waals surface area (Å²) < 4.78 is 2.00. The topological polar surface area (TPSA) is 29.9 Å². The Hall–Kier alpha value is -0.830. The summed E-state index contributed by atoms with van der Waals surface area (Å²) in [6, 6.07) is 0.990. The molecule has 1 unspecified atom stereocenters. The Morgan fingerprint density at radius 3 is 2.20 bits per heavy atom. The summed E-state index contributed by atoms with van der Waals surface area (Å²) in [5.74, 6) is 0.845. The molecular weight excluding hydrogens is 246 g/mol. The molecule has 1 aromatic heterocycles. The maximum atomic E-state index is 4.54. The third-order valence-corrected chi connectivity index (χ3v) is 5.12. The Kier molecular flexibility index (Phi) is 5.25. The summed E-state index contributed by atoms with van der Waals surface area (Å²) in [6.07, 6.45) is 8.48.